The number of fused-ring (bicyclic) bond motifs is 1. The standard InChI is InChI=1S/C22H17BrN2O/c23-18-10-4-5-11-19(18)25-20(15-7-2-1-3-8-15)17-13-12-16-9-6-14-24-21(16)22(17)26/h1-14,20,25-26H/t20-/m1/s1. The maximum absolute atomic E-state index is 10.9. The molecule has 0 aliphatic carbocycles. The molecule has 2 N–H and O–H groups in total. The van der Waals surface area contributed by atoms with Crippen LogP contribution in [-0.2, 0) is 0 Å². The number of pyridine rings is 1. The van der Waals surface area contributed by atoms with Crippen LogP contribution in [0.25, 0.3) is 10.9 Å². The van der Waals surface area contributed by atoms with Gasteiger partial charge < -0.3 is 10.4 Å². The number of phenols is 1. The molecule has 0 amide bonds. The number of para-hydroxylation sites is 1. The molecule has 0 radical (unpaired) electrons. The zero-order chi connectivity index (χ0) is 17.9. The summed E-state index contributed by atoms with van der Waals surface area (Å²) < 4.78 is 0.972. The molecule has 1 heterocycles. The van der Waals surface area contributed by atoms with Crippen molar-refractivity contribution in [3.63, 3.8) is 0 Å². The van der Waals surface area contributed by atoms with Gasteiger partial charge in [-0.25, -0.2) is 0 Å². The van der Waals surface area contributed by atoms with Gasteiger partial charge in [0.25, 0.3) is 0 Å². The van der Waals surface area contributed by atoms with Crippen LogP contribution in [0, 0.1) is 0 Å². The van der Waals surface area contributed by atoms with Gasteiger partial charge in [-0.1, -0.05) is 60.7 Å². The molecule has 0 aliphatic heterocycles. The van der Waals surface area contributed by atoms with E-state index in [2.05, 4.69) is 38.4 Å². The number of phenolic OH excluding ortho intramolecular Hbond substituents is 1. The summed E-state index contributed by atoms with van der Waals surface area (Å²) in [6, 6.07) is 25.6. The van der Waals surface area contributed by atoms with E-state index in [0.717, 1.165) is 26.7 Å². The predicted octanol–water partition coefficient (Wildman–Crippen LogP) is 5.90. The zero-order valence-electron chi connectivity index (χ0n) is 13.9. The van der Waals surface area contributed by atoms with Gasteiger partial charge in [0, 0.05) is 27.3 Å². The van der Waals surface area contributed by atoms with Crippen molar-refractivity contribution in [3.05, 3.63) is 101 Å². The van der Waals surface area contributed by atoms with Crippen molar-refractivity contribution in [2.24, 2.45) is 0 Å². The maximum atomic E-state index is 10.9. The van der Waals surface area contributed by atoms with Gasteiger partial charge in [-0.15, -0.1) is 0 Å². The minimum atomic E-state index is -0.207. The number of hydrogen-bond acceptors (Lipinski definition) is 3. The van der Waals surface area contributed by atoms with Crippen LogP contribution in [0.4, 0.5) is 5.69 Å². The molecular formula is C22H17BrN2O. The van der Waals surface area contributed by atoms with Gasteiger partial charge in [-0.2, -0.15) is 0 Å². The number of rotatable bonds is 4. The second-order valence-corrected chi connectivity index (χ2v) is 6.90. The van der Waals surface area contributed by atoms with Crippen LogP contribution in [0.3, 0.4) is 0 Å². The molecule has 0 bridgehead atoms. The van der Waals surface area contributed by atoms with E-state index in [-0.39, 0.29) is 11.8 Å². The predicted molar refractivity (Wildman–Crippen MR) is 109 cm³/mol. The third kappa shape index (κ3) is 3.16. The lowest BCUT2D eigenvalue weighted by atomic mass is 9.96. The third-order valence-corrected chi connectivity index (χ3v) is 5.09. The molecule has 0 spiro atoms. The number of nitrogens with zero attached hydrogens (tertiary/aromatic N) is 1. The van der Waals surface area contributed by atoms with Crippen LogP contribution in [-0.4, -0.2) is 10.1 Å². The molecule has 4 heteroatoms. The Labute approximate surface area is 160 Å². The van der Waals surface area contributed by atoms with Crippen LogP contribution < -0.4 is 5.32 Å². The van der Waals surface area contributed by atoms with Crippen molar-refractivity contribution >= 4 is 32.5 Å². The summed E-state index contributed by atoms with van der Waals surface area (Å²) >= 11 is 3.59. The zero-order valence-corrected chi connectivity index (χ0v) is 15.5. The highest BCUT2D eigenvalue weighted by Crippen LogP contribution is 2.37. The average Bonchev–Trinajstić information content (AvgIpc) is 2.69. The van der Waals surface area contributed by atoms with E-state index < -0.39 is 0 Å². The monoisotopic (exact) mass is 404 g/mol. The molecule has 0 fully saturated rings. The maximum Gasteiger partial charge on any atom is 0.147 e. The summed E-state index contributed by atoms with van der Waals surface area (Å²) in [5, 5.41) is 15.4. The van der Waals surface area contributed by atoms with Gasteiger partial charge in [0.15, 0.2) is 0 Å². The first-order chi connectivity index (χ1) is 12.7. The quantitative estimate of drug-likeness (QED) is 0.444. The van der Waals surface area contributed by atoms with E-state index >= 15 is 0 Å². The summed E-state index contributed by atoms with van der Waals surface area (Å²) in [6.07, 6.45) is 1.70. The second kappa shape index (κ2) is 7.18. The Balaban J connectivity index is 1.86. The van der Waals surface area contributed by atoms with Crippen molar-refractivity contribution in [2.75, 3.05) is 5.32 Å². The van der Waals surface area contributed by atoms with Gasteiger partial charge in [-0.05, 0) is 39.7 Å². The lowest BCUT2D eigenvalue weighted by Crippen LogP contribution is -2.13. The van der Waals surface area contributed by atoms with E-state index in [0.29, 0.717) is 5.52 Å². The highest BCUT2D eigenvalue weighted by molar-refractivity contribution is 9.10. The molecule has 4 aromatic rings. The lowest BCUT2D eigenvalue weighted by molar-refractivity contribution is 0.472. The Kier molecular flexibility index (Phi) is 4.59. The Morgan fingerprint density at radius 2 is 1.62 bits per heavy atom. The number of halogens is 1. The van der Waals surface area contributed by atoms with Crippen molar-refractivity contribution in [1.82, 2.24) is 4.98 Å². The number of aromatic nitrogens is 1. The Morgan fingerprint density at radius 1 is 0.846 bits per heavy atom. The number of anilines is 1. The van der Waals surface area contributed by atoms with Gasteiger partial charge in [0.1, 0.15) is 11.3 Å². The number of hydrogen-bond donors (Lipinski definition) is 2. The first kappa shape index (κ1) is 16.6. The fourth-order valence-corrected chi connectivity index (χ4v) is 3.50. The first-order valence-corrected chi connectivity index (χ1v) is 9.16. The number of nitrogens with one attached hydrogen (secondary N) is 1. The molecule has 26 heavy (non-hydrogen) atoms. The average molecular weight is 405 g/mol. The molecule has 3 nitrogen and oxygen atoms in total. The van der Waals surface area contributed by atoms with Crippen LogP contribution >= 0.6 is 15.9 Å². The van der Waals surface area contributed by atoms with Gasteiger partial charge in [0.05, 0.1) is 6.04 Å². The lowest BCUT2D eigenvalue weighted by Gasteiger charge is -2.23. The van der Waals surface area contributed by atoms with Gasteiger partial charge >= 0.3 is 0 Å². The second-order valence-electron chi connectivity index (χ2n) is 6.05. The highest BCUT2D eigenvalue weighted by Gasteiger charge is 2.20. The summed E-state index contributed by atoms with van der Waals surface area (Å²) in [6.45, 7) is 0. The summed E-state index contributed by atoms with van der Waals surface area (Å²) in [7, 11) is 0. The molecule has 0 unspecified atom stereocenters. The fourth-order valence-electron chi connectivity index (χ4n) is 3.10. The van der Waals surface area contributed by atoms with Gasteiger partial charge in [0.2, 0.25) is 0 Å². The Bertz CT molecular complexity index is 1050. The molecule has 0 aliphatic rings. The minimum absolute atomic E-state index is 0.205. The SMILES string of the molecule is Oc1c([C@H](Nc2ccccc2Br)c2ccccc2)ccc2cccnc12. The van der Waals surface area contributed by atoms with Crippen molar-refractivity contribution in [2.45, 2.75) is 6.04 Å². The van der Waals surface area contributed by atoms with E-state index in [4.69, 9.17) is 0 Å². The van der Waals surface area contributed by atoms with Gasteiger partial charge in [-0.3, -0.25) is 4.98 Å². The van der Waals surface area contributed by atoms with E-state index in [1.165, 1.54) is 0 Å². The molecule has 1 aromatic heterocycles. The fraction of sp³-hybridized carbons (Fsp3) is 0.0455. The Morgan fingerprint density at radius 3 is 2.42 bits per heavy atom. The topological polar surface area (TPSA) is 45.1 Å². The van der Waals surface area contributed by atoms with E-state index in [9.17, 15) is 5.11 Å². The molecule has 128 valence electrons. The van der Waals surface area contributed by atoms with E-state index in [1.807, 2.05) is 66.7 Å². The Hall–Kier alpha value is -2.85. The first-order valence-electron chi connectivity index (χ1n) is 8.36. The smallest absolute Gasteiger partial charge is 0.147 e. The summed E-state index contributed by atoms with van der Waals surface area (Å²) in [5.74, 6) is 0.205. The minimum Gasteiger partial charge on any atom is -0.505 e. The number of aromatic hydroxyl groups is 1. The molecule has 0 saturated heterocycles. The van der Waals surface area contributed by atoms with Crippen LogP contribution in [0.5, 0.6) is 5.75 Å². The van der Waals surface area contributed by atoms with Crippen molar-refractivity contribution in [3.8, 4) is 5.75 Å². The largest absolute Gasteiger partial charge is 0.505 e. The van der Waals surface area contributed by atoms with E-state index in [1.54, 1.807) is 6.20 Å². The highest BCUT2D eigenvalue weighted by atomic mass is 79.9. The normalized spacial score (nSPS) is 12.0. The van der Waals surface area contributed by atoms with Crippen molar-refractivity contribution in [1.29, 1.82) is 0 Å². The molecule has 3 aromatic carbocycles. The van der Waals surface area contributed by atoms with Crippen LogP contribution in [0.2, 0.25) is 0 Å². The molecule has 0 saturated carbocycles. The van der Waals surface area contributed by atoms with Crippen LogP contribution in [0.15, 0.2) is 89.5 Å². The summed E-state index contributed by atoms with van der Waals surface area (Å²) in [4.78, 5) is 4.36. The molecule has 1 atom stereocenters. The summed E-state index contributed by atoms with van der Waals surface area (Å²) in [5.41, 5.74) is 3.42. The van der Waals surface area contributed by atoms with Crippen LogP contribution in [0.1, 0.15) is 17.2 Å². The van der Waals surface area contributed by atoms with Crippen molar-refractivity contribution < 1.29 is 5.11 Å². The molecular weight excluding hydrogens is 388 g/mol. The number of benzene rings is 3. The third-order valence-electron chi connectivity index (χ3n) is 4.40. The molecule has 4 rings (SSSR count).